The van der Waals surface area contributed by atoms with Crippen LogP contribution in [0.25, 0.3) is 11.1 Å². The number of rotatable bonds is 5. The van der Waals surface area contributed by atoms with E-state index in [0.29, 0.717) is 21.1 Å². The Kier molecular flexibility index (Phi) is 4.61. The number of ether oxygens (including phenoxy) is 1. The Morgan fingerprint density at radius 3 is 2.58 bits per heavy atom. The molecule has 24 heavy (non-hydrogen) atoms. The molecule has 122 valence electrons. The third-order valence-electron chi connectivity index (χ3n) is 3.40. The van der Waals surface area contributed by atoms with E-state index in [0.717, 1.165) is 0 Å². The molecule has 0 amide bonds. The molecule has 0 saturated heterocycles. The number of nitrogens with zero attached hydrogens (tertiary/aromatic N) is 1. The van der Waals surface area contributed by atoms with Crippen molar-refractivity contribution in [3.8, 4) is 0 Å². The molecule has 0 aliphatic heterocycles. The molecule has 0 fully saturated rings. The molecule has 3 aromatic rings. The Hall–Kier alpha value is -2.67. The first kappa shape index (κ1) is 16.2. The van der Waals surface area contributed by atoms with Gasteiger partial charge in [-0.15, -0.1) is 0 Å². The zero-order valence-corrected chi connectivity index (χ0v) is 14.0. The van der Waals surface area contributed by atoms with Gasteiger partial charge in [-0.05, 0) is 18.2 Å². The van der Waals surface area contributed by atoms with Gasteiger partial charge < -0.3 is 9.15 Å². The number of ketones is 1. The van der Waals surface area contributed by atoms with Crippen molar-refractivity contribution in [1.82, 2.24) is 4.57 Å². The average Bonchev–Trinajstić information content (AvgIpc) is 2.89. The van der Waals surface area contributed by atoms with Crippen molar-refractivity contribution in [1.29, 1.82) is 0 Å². The number of carbonyl (C=O) groups excluding carboxylic acids is 2. The molecular formula is C17H12BrNO5. The van der Waals surface area contributed by atoms with E-state index in [4.69, 9.17) is 9.15 Å². The summed E-state index contributed by atoms with van der Waals surface area (Å²) in [7, 11) is 0. The van der Waals surface area contributed by atoms with E-state index in [-0.39, 0.29) is 12.3 Å². The van der Waals surface area contributed by atoms with E-state index in [1.165, 1.54) is 4.57 Å². The maximum atomic E-state index is 12.1. The van der Waals surface area contributed by atoms with Crippen LogP contribution in [-0.4, -0.2) is 22.9 Å². The summed E-state index contributed by atoms with van der Waals surface area (Å²) in [5.74, 6) is -1.67. The van der Waals surface area contributed by atoms with Gasteiger partial charge in [0.2, 0.25) is 5.78 Å². The summed E-state index contributed by atoms with van der Waals surface area (Å²) in [6.07, 6.45) is 0. The van der Waals surface area contributed by atoms with E-state index < -0.39 is 18.3 Å². The van der Waals surface area contributed by atoms with E-state index in [1.54, 1.807) is 48.5 Å². The van der Waals surface area contributed by atoms with Gasteiger partial charge in [-0.3, -0.25) is 14.2 Å². The van der Waals surface area contributed by atoms with Crippen molar-refractivity contribution in [2.45, 2.75) is 6.54 Å². The maximum Gasteiger partial charge on any atom is 0.420 e. The lowest BCUT2D eigenvalue weighted by molar-refractivity contribution is -0.143. The number of esters is 1. The Balaban J connectivity index is 1.68. The van der Waals surface area contributed by atoms with Crippen LogP contribution in [0.4, 0.5) is 0 Å². The number of oxazole rings is 1. The SMILES string of the molecule is O=C(Cn1c(=O)oc2ccccc21)OCC(=O)c1ccccc1Br. The fraction of sp³-hybridized carbons (Fsp3) is 0.118. The van der Waals surface area contributed by atoms with Crippen LogP contribution in [0.1, 0.15) is 10.4 Å². The number of fused-ring (bicyclic) bond motifs is 1. The van der Waals surface area contributed by atoms with Crippen LogP contribution in [-0.2, 0) is 16.1 Å². The van der Waals surface area contributed by atoms with Crippen LogP contribution in [0.3, 0.4) is 0 Å². The molecule has 0 radical (unpaired) electrons. The topological polar surface area (TPSA) is 78.5 Å². The summed E-state index contributed by atoms with van der Waals surface area (Å²) in [5.41, 5.74) is 1.31. The minimum atomic E-state index is -0.691. The highest BCUT2D eigenvalue weighted by Gasteiger charge is 2.16. The zero-order chi connectivity index (χ0) is 17.1. The van der Waals surface area contributed by atoms with Gasteiger partial charge in [0, 0.05) is 10.0 Å². The highest BCUT2D eigenvalue weighted by molar-refractivity contribution is 9.10. The second-order valence-corrected chi connectivity index (χ2v) is 5.84. The Morgan fingerprint density at radius 1 is 1.08 bits per heavy atom. The quantitative estimate of drug-likeness (QED) is 0.495. The summed E-state index contributed by atoms with van der Waals surface area (Å²) in [6.45, 7) is -0.717. The van der Waals surface area contributed by atoms with Gasteiger partial charge in [0.1, 0.15) is 6.54 Å². The van der Waals surface area contributed by atoms with Crippen LogP contribution < -0.4 is 5.76 Å². The fourth-order valence-corrected chi connectivity index (χ4v) is 2.76. The molecule has 0 atom stereocenters. The number of halogens is 1. The zero-order valence-electron chi connectivity index (χ0n) is 12.4. The molecule has 2 aromatic carbocycles. The summed E-state index contributed by atoms with van der Waals surface area (Å²) in [6, 6.07) is 13.6. The molecule has 0 saturated carbocycles. The minimum absolute atomic E-state index is 0.320. The Morgan fingerprint density at radius 2 is 1.79 bits per heavy atom. The van der Waals surface area contributed by atoms with Gasteiger partial charge >= 0.3 is 11.7 Å². The first-order valence-electron chi connectivity index (χ1n) is 7.08. The second-order valence-electron chi connectivity index (χ2n) is 4.99. The number of hydrogen-bond donors (Lipinski definition) is 0. The summed E-state index contributed by atoms with van der Waals surface area (Å²) < 4.78 is 11.8. The van der Waals surface area contributed by atoms with Gasteiger partial charge in [0.05, 0.1) is 5.52 Å². The molecule has 7 heteroatoms. The molecule has 0 aliphatic carbocycles. The van der Waals surface area contributed by atoms with Gasteiger partial charge in [0.25, 0.3) is 0 Å². The van der Waals surface area contributed by atoms with Crippen LogP contribution in [0.5, 0.6) is 0 Å². The molecule has 1 heterocycles. The van der Waals surface area contributed by atoms with Gasteiger partial charge in [-0.1, -0.05) is 46.3 Å². The highest BCUT2D eigenvalue weighted by Crippen LogP contribution is 2.16. The monoisotopic (exact) mass is 389 g/mol. The van der Waals surface area contributed by atoms with E-state index in [1.807, 2.05) is 0 Å². The van der Waals surface area contributed by atoms with Crippen LogP contribution in [0.2, 0.25) is 0 Å². The van der Waals surface area contributed by atoms with E-state index >= 15 is 0 Å². The third-order valence-corrected chi connectivity index (χ3v) is 4.09. The fourth-order valence-electron chi connectivity index (χ4n) is 2.25. The predicted molar refractivity (Wildman–Crippen MR) is 89.9 cm³/mol. The maximum absolute atomic E-state index is 12.1. The highest BCUT2D eigenvalue weighted by atomic mass is 79.9. The van der Waals surface area contributed by atoms with Gasteiger partial charge in [-0.25, -0.2) is 4.79 Å². The molecule has 6 nitrogen and oxygen atoms in total. The summed E-state index contributed by atoms with van der Waals surface area (Å²) >= 11 is 3.27. The largest absolute Gasteiger partial charge is 0.456 e. The van der Waals surface area contributed by atoms with Crippen LogP contribution >= 0.6 is 15.9 Å². The molecule has 0 spiro atoms. The number of carbonyl (C=O) groups is 2. The number of para-hydroxylation sites is 2. The Labute approximate surface area is 144 Å². The molecule has 1 aromatic heterocycles. The lowest BCUT2D eigenvalue weighted by Gasteiger charge is -2.06. The lowest BCUT2D eigenvalue weighted by atomic mass is 10.1. The normalized spacial score (nSPS) is 10.7. The second kappa shape index (κ2) is 6.84. The van der Waals surface area contributed by atoms with Crippen molar-refractivity contribution < 1.29 is 18.7 Å². The molecule has 0 bridgehead atoms. The molecule has 0 unspecified atom stereocenters. The predicted octanol–water partition coefficient (Wildman–Crippen LogP) is 2.78. The first-order valence-corrected chi connectivity index (χ1v) is 7.87. The van der Waals surface area contributed by atoms with E-state index in [2.05, 4.69) is 15.9 Å². The number of benzene rings is 2. The van der Waals surface area contributed by atoms with Gasteiger partial charge in [0.15, 0.2) is 12.2 Å². The van der Waals surface area contributed by atoms with Crippen LogP contribution in [0.15, 0.2) is 62.2 Å². The third kappa shape index (κ3) is 3.30. The van der Waals surface area contributed by atoms with Crippen molar-refractivity contribution in [3.63, 3.8) is 0 Å². The average molecular weight is 390 g/mol. The molecule has 3 rings (SSSR count). The van der Waals surface area contributed by atoms with Crippen LogP contribution in [0, 0.1) is 0 Å². The minimum Gasteiger partial charge on any atom is -0.456 e. The molecular weight excluding hydrogens is 378 g/mol. The molecule has 0 aliphatic rings. The van der Waals surface area contributed by atoms with Crippen molar-refractivity contribution in [3.05, 3.63) is 69.1 Å². The lowest BCUT2D eigenvalue weighted by Crippen LogP contribution is -2.23. The summed E-state index contributed by atoms with van der Waals surface area (Å²) in [5, 5.41) is 0. The summed E-state index contributed by atoms with van der Waals surface area (Å²) in [4.78, 5) is 35.8. The number of hydrogen-bond acceptors (Lipinski definition) is 5. The number of aromatic nitrogens is 1. The van der Waals surface area contributed by atoms with Crippen molar-refractivity contribution in [2.24, 2.45) is 0 Å². The Bertz CT molecular complexity index is 972. The molecule has 0 N–H and O–H groups in total. The van der Waals surface area contributed by atoms with E-state index in [9.17, 15) is 14.4 Å². The number of Topliss-reactive ketones (excluding diaryl/α,β-unsaturated/α-hetero) is 1. The first-order chi connectivity index (χ1) is 11.6. The smallest absolute Gasteiger partial charge is 0.420 e. The standard InChI is InChI=1S/C17H12BrNO5/c18-12-6-2-1-5-11(12)14(20)10-23-16(21)9-19-13-7-3-4-8-15(13)24-17(19)22/h1-8H,9-10H2. The van der Waals surface area contributed by atoms with Gasteiger partial charge in [-0.2, -0.15) is 0 Å². The van der Waals surface area contributed by atoms with Crippen molar-refractivity contribution >= 4 is 38.8 Å². The van der Waals surface area contributed by atoms with Crippen molar-refractivity contribution in [2.75, 3.05) is 6.61 Å².